The molecule has 0 saturated carbocycles. The van der Waals surface area contributed by atoms with Gasteiger partial charge < -0.3 is 15.4 Å². The first-order chi connectivity index (χ1) is 10.6. The maximum atomic E-state index is 5.87. The van der Waals surface area contributed by atoms with Crippen LogP contribution in [-0.4, -0.2) is 46.6 Å². The third kappa shape index (κ3) is 3.36. The maximum Gasteiger partial charge on any atom is 0.222 e. The molecule has 7 heteroatoms. The van der Waals surface area contributed by atoms with Gasteiger partial charge in [0, 0.05) is 45.4 Å². The molecular formula is C15H22N6O. The number of aryl methyl sites for hydroxylation is 1. The molecular weight excluding hydrogens is 280 g/mol. The Morgan fingerprint density at radius 1 is 1.45 bits per heavy atom. The van der Waals surface area contributed by atoms with Crippen LogP contribution in [0.15, 0.2) is 18.5 Å². The van der Waals surface area contributed by atoms with Crippen molar-refractivity contribution in [1.29, 1.82) is 0 Å². The van der Waals surface area contributed by atoms with Crippen molar-refractivity contribution in [3.8, 4) is 0 Å². The first-order valence-electron chi connectivity index (χ1n) is 7.52. The second kappa shape index (κ2) is 6.31. The third-order valence-corrected chi connectivity index (χ3v) is 3.98. The van der Waals surface area contributed by atoms with Crippen molar-refractivity contribution in [2.75, 3.05) is 37.4 Å². The van der Waals surface area contributed by atoms with E-state index in [1.165, 1.54) is 5.56 Å². The Bertz CT molecular complexity index is 635. The van der Waals surface area contributed by atoms with E-state index in [4.69, 9.17) is 10.5 Å². The van der Waals surface area contributed by atoms with Crippen LogP contribution in [0.5, 0.6) is 0 Å². The van der Waals surface area contributed by atoms with Crippen LogP contribution in [-0.2, 0) is 18.2 Å². The summed E-state index contributed by atoms with van der Waals surface area (Å²) in [6, 6.07) is 2.03. The largest absolute Gasteiger partial charge is 0.381 e. The molecule has 0 amide bonds. The zero-order valence-corrected chi connectivity index (χ0v) is 13.1. The van der Waals surface area contributed by atoms with Gasteiger partial charge in [-0.15, -0.1) is 0 Å². The van der Waals surface area contributed by atoms with E-state index in [-0.39, 0.29) is 0 Å². The molecule has 118 valence electrons. The van der Waals surface area contributed by atoms with E-state index in [0.717, 1.165) is 44.1 Å². The zero-order chi connectivity index (χ0) is 15.5. The number of nitrogen functional groups attached to an aromatic ring is 1. The quantitative estimate of drug-likeness (QED) is 0.886. The normalized spacial score (nSPS) is 17.8. The highest BCUT2D eigenvalue weighted by Gasteiger charge is 2.21. The second-order valence-corrected chi connectivity index (χ2v) is 5.76. The Hall–Kier alpha value is -2.15. The summed E-state index contributed by atoms with van der Waals surface area (Å²) in [4.78, 5) is 10.8. The SMILES string of the molecule is CN(CCc1cnn(C)c1)c1cc(C2CCOC2)nc(N)n1. The fourth-order valence-corrected chi connectivity index (χ4v) is 2.66. The molecule has 1 atom stereocenters. The predicted molar refractivity (Wildman–Crippen MR) is 84.8 cm³/mol. The van der Waals surface area contributed by atoms with Gasteiger partial charge in [-0.1, -0.05) is 0 Å². The smallest absolute Gasteiger partial charge is 0.222 e. The summed E-state index contributed by atoms with van der Waals surface area (Å²) in [5.74, 6) is 1.52. The molecule has 1 fully saturated rings. The van der Waals surface area contributed by atoms with Crippen LogP contribution < -0.4 is 10.6 Å². The van der Waals surface area contributed by atoms with E-state index in [1.54, 1.807) is 0 Å². The molecule has 1 aliphatic rings. The summed E-state index contributed by atoms with van der Waals surface area (Å²) >= 11 is 0. The number of aromatic nitrogens is 4. The summed E-state index contributed by atoms with van der Waals surface area (Å²) in [6.07, 6.45) is 5.83. The van der Waals surface area contributed by atoms with Gasteiger partial charge in [0.2, 0.25) is 5.95 Å². The van der Waals surface area contributed by atoms with E-state index in [9.17, 15) is 0 Å². The van der Waals surface area contributed by atoms with Crippen molar-refractivity contribution in [2.45, 2.75) is 18.8 Å². The number of nitrogens with two attached hydrogens (primary N) is 1. The van der Waals surface area contributed by atoms with Crippen molar-refractivity contribution in [1.82, 2.24) is 19.7 Å². The van der Waals surface area contributed by atoms with E-state index >= 15 is 0 Å². The highest BCUT2D eigenvalue weighted by molar-refractivity contribution is 5.43. The number of anilines is 2. The molecule has 3 heterocycles. The fourth-order valence-electron chi connectivity index (χ4n) is 2.66. The van der Waals surface area contributed by atoms with Crippen LogP contribution in [0.4, 0.5) is 11.8 Å². The van der Waals surface area contributed by atoms with Gasteiger partial charge in [-0.3, -0.25) is 4.68 Å². The number of rotatable bonds is 5. The number of hydrogen-bond donors (Lipinski definition) is 1. The summed E-state index contributed by atoms with van der Waals surface area (Å²) in [6.45, 7) is 2.36. The average molecular weight is 302 g/mol. The number of likely N-dealkylation sites (N-methyl/N-ethyl adjacent to an activating group) is 1. The van der Waals surface area contributed by atoms with Crippen molar-refractivity contribution in [3.05, 3.63) is 29.7 Å². The van der Waals surface area contributed by atoms with Gasteiger partial charge in [0.15, 0.2) is 0 Å². The molecule has 0 bridgehead atoms. The third-order valence-electron chi connectivity index (χ3n) is 3.98. The molecule has 2 N–H and O–H groups in total. The Morgan fingerprint density at radius 2 is 2.32 bits per heavy atom. The maximum absolute atomic E-state index is 5.87. The molecule has 1 unspecified atom stereocenters. The van der Waals surface area contributed by atoms with Crippen LogP contribution in [0.3, 0.4) is 0 Å². The van der Waals surface area contributed by atoms with Gasteiger partial charge in [-0.05, 0) is 18.4 Å². The molecule has 0 aromatic carbocycles. The lowest BCUT2D eigenvalue weighted by atomic mass is 10.0. The van der Waals surface area contributed by atoms with Crippen molar-refractivity contribution in [2.24, 2.45) is 7.05 Å². The molecule has 2 aromatic heterocycles. The summed E-state index contributed by atoms with van der Waals surface area (Å²) in [5.41, 5.74) is 8.06. The monoisotopic (exact) mass is 302 g/mol. The minimum atomic E-state index is 0.327. The van der Waals surface area contributed by atoms with Gasteiger partial charge in [0.1, 0.15) is 5.82 Å². The van der Waals surface area contributed by atoms with Gasteiger partial charge >= 0.3 is 0 Å². The van der Waals surface area contributed by atoms with Gasteiger partial charge in [0.05, 0.1) is 18.5 Å². The average Bonchev–Trinajstić information content (AvgIpc) is 3.15. The predicted octanol–water partition coefficient (Wildman–Crippen LogP) is 0.975. The number of hydrogen-bond acceptors (Lipinski definition) is 6. The fraction of sp³-hybridized carbons (Fsp3) is 0.533. The minimum absolute atomic E-state index is 0.327. The molecule has 0 radical (unpaired) electrons. The van der Waals surface area contributed by atoms with Crippen LogP contribution >= 0.6 is 0 Å². The highest BCUT2D eigenvalue weighted by Crippen LogP contribution is 2.26. The van der Waals surface area contributed by atoms with Crippen LogP contribution in [0.25, 0.3) is 0 Å². The Kier molecular flexibility index (Phi) is 4.24. The minimum Gasteiger partial charge on any atom is -0.381 e. The van der Waals surface area contributed by atoms with Gasteiger partial charge in [-0.25, -0.2) is 4.98 Å². The van der Waals surface area contributed by atoms with E-state index in [0.29, 0.717) is 11.9 Å². The Balaban J connectivity index is 1.69. The molecule has 22 heavy (non-hydrogen) atoms. The Labute approximate surface area is 130 Å². The molecule has 7 nitrogen and oxygen atoms in total. The summed E-state index contributed by atoms with van der Waals surface area (Å²) in [5, 5.41) is 4.19. The summed E-state index contributed by atoms with van der Waals surface area (Å²) < 4.78 is 7.25. The highest BCUT2D eigenvalue weighted by atomic mass is 16.5. The lowest BCUT2D eigenvalue weighted by Gasteiger charge is -2.19. The van der Waals surface area contributed by atoms with Crippen LogP contribution in [0.1, 0.15) is 23.6 Å². The van der Waals surface area contributed by atoms with E-state index in [1.807, 2.05) is 37.2 Å². The molecule has 2 aromatic rings. The first-order valence-corrected chi connectivity index (χ1v) is 7.52. The lowest BCUT2D eigenvalue weighted by molar-refractivity contribution is 0.193. The van der Waals surface area contributed by atoms with E-state index in [2.05, 4.69) is 20.0 Å². The standard InChI is InChI=1S/C15H22N6O/c1-20(5-3-11-8-17-21(2)9-11)14-7-13(18-15(16)19-14)12-4-6-22-10-12/h7-9,12H,3-6,10H2,1-2H3,(H2,16,18,19). The van der Waals surface area contributed by atoms with Gasteiger partial charge in [-0.2, -0.15) is 10.1 Å². The lowest BCUT2D eigenvalue weighted by Crippen LogP contribution is -2.22. The molecule has 1 aliphatic heterocycles. The second-order valence-electron chi connectivity index (χ2n) is 5.76. The van der Waals surface area contributed by atoms with Crippen molar-refractivity contribution >= 4 is 11.8 Å². The number of nitrogens with zero attached hydrogens (tertiary/aromatic N) is 5. The topological polar surface area (TPSA) is 82.1 Å². The summed E-state index contributed by atoms with van der Waals surface area (Å²) in [7, 11) is 3.95. The zero-order valence-electron chi connectivity index (χ0n) is 13.1. The van der Waals surface area contributed by atoms with Crippen molar-refractivity contribution < 1.29 is 4.74 Å². The Morgan fingerprint density at radius 3 is 3.00 bits per heavy atom. The number of ether oxygens (including phenoxy) is 1. The molecule has 0 aliphatic carbocycles. The van der Waals surface area contributed by atoms with Gasteiger partial charge in [0.25, 0.3) is 0 Å². The first kappa shape index (κ1) is 14.8. The molecule has 0 spiro atoms. The molecule has 1 saturated heterocycles. The van der Waals surface area contributed by atoms with Crippen molar-refractivity contribution in [3.63, 3.8) is 0 Å². The molecule has 3 rings (SSSR count). The van der Waals surface area contributed by atoms with Crippen LogP contribution in [0.2, 0.25) is 0 Å². The van der Waals surface area contributed by atoms with E-state index < -0.39 is 0 Å². The van der Waals surface area contributed by atoms with Crippen LogP contribution in [0, 0.1) is 0 Å².